The number of carbonyl (C=O) groups is 1. The lowest BCUT2D eigenvalue weighted by molar-refractivity contribution is -0.121. The molecule has 0 aromatic rings. The van der Waals surface area contributed by atoms with Crippen LogP contribution in [0.1, 0.15) is 58.3 Å². The second-order valence-corrected chi connectivity index (χ2v) is 7.42. The summed E-state index contributed by atoms with van der Waals surface area (Å²) in [6.07, 6.45) is 9.19. The maximum atomic E-state index is 11.5. The first kappa shape index (κ1) is 15.2. The molecule has 0 unspecified atom stereocenters. The molecule has 0 radical (unpaired) electrons. The first-order valence-electron chi connectivity index (χ1n) is 6.88. The van der Waals surface area contributed by atoms with Gasteiger partial charge < -0.3 is 5.32 Å². The van der Waals surface area contributed by atoms with Crippen molar-refractivity contribution in [3.05, 3.63) is 0 Å². The van der Waals surface area contributed by atoms with Crippen molar-refractivity contribution in [2.24, 2.45) is 0 Å². The largest absolute Gasteiger partial charge is 0.356 e. The Morgan fingerprint density at radius 1 is 1.29 bits per heavy atom. The molecule has 100 valence electrons. The maximum Gasteiger partial charge on any atom is 0.219 e. The topological polar surface area (TPSA) is 29.1 Å². The molecule has 1 saturated heterocycles. The smallest absolute Gasteiger partial charge is 0.219 e. The highest BCUT2D eigenvalue weighted by Gasteiger charge is 2.15. The van der Waals surface area contributed by atoms with Crippen molar-refractivity contribution in [3.8, 4) is 0 Å². The highest BCUT2D eigenvalue weighted by atomic mass is 33.1. The van der Waals surface area contributed by atoms with Gasteiger partial charge in [-0.2, -0.15) is 0 Å². The van der Waals surface area contributed by atoms with Gasteiger partial charge in [0, 0.05) is 24.0 Å². The van der Waals surface area contributed by atoms with E-state index < -0.39 is 0 Å². The third kappa shape index (κ3) is 7.98. The number of hydrogen-bond donors (Lipinski definition) is 1. The van der Waals surface area contributed by atoms with Crippen LogP contribution in [0.25, 0.3) is 0 Å². The second kappa shape index (κ2) is 10.1. The Morgan fingerprint density at radius 2 is 2.18 bits per heavy atom. The van der Waals surface area contributed by atoms with Crippen molar-refractivity contribution in [2.45, 2.75) is 63.5 Å². The van der Waals surface area contributed by atoms with E-state index in [2.05, 4.69) is 12.2 Å². The number of carbonyl (C=O) groups excluding carboxylic acids is 1. The summed E-state index contributed by atoms with van der Waals surface area (Å²) >= 11 is 0. The average molecular weight is 275 g/mol. The third-order valence-corrected chi connectivity index (χ3v) is 6.02. The monoisotopic (exact) mass is 275 g/mol. The zero-order valence-electron chi connectivity index (χ0n) is 10.9. The Balaban J connectivity index is 1.85. The van der Waals surface area contributed by atoms with Crippen LogP contribution in [0.4, 0.5) is 0 Å². The lowest BCUT2D eigenvalue weighted by Gasteiger charge is -2.07. The number of unbranched alkanes of at least 4 members (excludes halogenated alkanes) is 3. The quantitative estimate of drug-likeness (QED) is 0.509. The second-order valence-electron chi connectivity index (χ2n) is 4.63. The minimum atomic E-state index is 0.245. The van der Waals surface area contributed by atoms with E-state index in [0.717, 1.165) is 31.1 Å². The van der Waals surface area contributed by atoms with Gasteiger partial charge in [-0.05, 0) is 25.7 Å². The number of rotatable bonds is 9. The standard InChI is InChI=1S/C13H25NOS2/c1-2-3-6-10-14-13(15)8-5-4-7-12-9-11-16-17-12/h12H,2-11H2,1H3,(H,14,15)/t12-/m1/s1. The lowest BCUT2D eigenvalue weighted by atomic mass is 10.1. The van der Waals surface area contributed by atoms with Crippen molar-refractivity contribution in [3.63, 3.8) is 0 Å². The predicted octanol–water partition coefficient (Wildman–Crippen LogP) is 4.01. The van der Waals surface area contributed by atoms with Gasteiger partial charge in [-0.1, -0.05) is 47.8 Å². The van der Waals surface area contributed by atoms with Gasteiger partial charge in [0.1, 0.15) is 0 Å². The molecule has 4 heteroatoms. The molecule has 1 heterocycles. The van der Waals surface area contributed by atoms with Gasteiger partial charge in [-0.3, -0.25) is 4.79 Å². The SMILES string of the molecule is CCCCCNC(=O)CCCC[C@@H]1CCSS1. The van der Waals surface area contributed by atoms with Crippen LogP contribution in [0.15, 0.2) is 0 Å². The third-order valence-electron chi connectivity index (χ3n) is 3.01. The molecule has 1 N–H and O–H groups in total. The average Bonchev–Trinajstić information content (AvgIpc) is 2.83. The van der Waals surface area contributed by atoms with Gasteiger partial charge in [0.2, 0.25) is 5.91 Å². The van der Waals surface area contributed by atoms with Crippen LogP contribution >= 0.6 is 21.6 Å². The Kier molecular flexibility index (Phi) is 9.07. The van der Waals surface area contributed by atoms with Gasteiger partial charge in [0.15, 0.2) is 0 Å². The summed E-state index contributed by atoms with van der Waals surface area (Å²) in [4.78, 5) is 11.5. The van der Waals surface area contributed by atoms with E-state index in [4.69, 9.17) is 0 Å². The first-order chi connectivity index (χ1) is 8.33. The van der Waals surface area contributed by atoms with Crippen LogP contribution < -0.4 is 5.32 Å². The Hall–Kier alpha value is 0.170. The van der Waals surface area contributed by atoms with E-state index in [-0.39, 0.29) is 5.91 Å². The van der Waals surface area contributed by atoms with Crippen LogP contribution in [0.5, 0.6) is 0 Å². The van der Waals surface area contributed by atoms with Crippen molar-refractivity contribution < 1.29 is 4.79 Å². The van der Waals surface area contributed by atoms with Gasteiger partial charge in [0.25, 0.3) is 0 Å². The van der Waals surface area contributed by atoms with E-state index in [9.17, 15) is 4.79 Å². The summed E-state index contributed by atoms with van der Waals surface area (Å²) in [6.45, 7) is 3.04. The van der Waals surface area contributed by atoms with Crippen molar-refractivity contribution >= 4 is 27.5 Å². The normalized spacial score (nSPS) is 19.5. The summed E-state index contributed by atoms with van der Waals surface area (Å²) in [5.41, 5.74) is 0. The molecule has 1 atom stereocenters. The van der Waals surface area contributed by atoms with Crippen LogP contribution in [-0.2, 0) is 4.79 Å². The molecule has 1 aliphatic rings. The summed E-state index contributed by atoms with van der Waals surface area (Å²) in [6, 6.07) is 0. The molecule has 2 nitrogen and oxygen atoms in total. The fraction of sp³-hybridized carbons (Fsp3) is 0.923. The molecular weight excluding hydrogens is 250 g/mol. The van der Waals surface area contributed by atoms with E-state index in [1.807, 2.05) is 21.6 Å². The van der Waals surface area contributed by atoms with Gasteiger partial charge in [-0.25, -0.2) is 0 Å². The molecule has 0 saturated carbocycles. The summed E-state index contributed by atoms with van der Waals surface area (Å²) < 4.78 is 0. The fourth-order valence-corrected chi connectivity index (χ4v) is 4.94. The Labute approximate surface area is 113 Å². The highest BCUT2D eigenvalue weighted by molar-refractivity contribution is 8.77. The van der Waals surface area contributed by atoms with Crippen molar-refractivity contribution in [2.75, 3.05) is 12.3 Å². The minimum absolute atomic E-state index is 0.245. The molecule has 0 aromatic carbocycles. The van der Waals surface area contributed by atoms with E-state index in [1.165, 1.54) is 37.9 Å². The van der Waals surface area contributed by atoms with E-state index >= 15 is 0 Å². The first-order valence-corrected chi connectivity index (χ1v) is 9.26. The lowest BCUT2D eigenvalue weighted by Crippen LogP contribution is -2.23. The fourth-order valence-electron chi connectivity index (χ4n) is 1.91. The van der Waals surface area contributed by atoms with E-state index in [1.54, 1.807) is 0 Å². The molecule has 0 aliphatic carbocycles. The molecule has 1 aliphatic heterocycles. The van der Waals surface area contributed by atoms with Gasteiger partial charge in [0.05, 0.1) is 0 Å². The van der Waals surface area contributed by atoms with Crippen molar-refractivity contribution in [1.82, 2.24) is 5.32 Å². The number of nitrogens with one attached hydrogen (secondary N) is 1. The Bertz CT molecular complexity index is 206. The highest BCUT2D eigenvalue weighted by Crippen LogP contribution is 2.39. The summed E-state index contributed by atoms with van der Waals surface area (Å²) in [5.74, 6) is 1.56. The molecule has 17 heavy (non-hydrogen) atoms. The molecule has 0 spiro atoms. The number of amides is 1. The summed E-state index contributed by atoms with van der Waals surface area (Å²) in [5, 5.41) is 3.85. The molecule has 0 bridgehead atoms. The molecule has 0 aromatic heterocycles. The molecule has 1 amide bonds. The minimum Gasteiger partial charge on any atom is -0.356 e. The molecular formula is C13H25NOS2. The Morgan fingerprint density at radius 3 is 2.88 bits per heavy atom. The molecule has 1 rings (SSSR count). The van der Waals surface area contributed by atoms with Crippen LogP contribution in [0, 0.1) is 0 Å². The van der Waals surface area contributed by atoms with Crippen LogP contribution in [0.3, 0.4) is 0 Å². The summed E-state index contributed by atoms with van der Waals surface area (Å²) in [7, 11) is 4.04. The number of hydrogen-bond acceptors (Lipinski definition) is 3. The van der Waals surface area contributed by atoms with Crippen LogP contribution in [0.2, 0.25) is 0 Å². The van der Waals surface area contributed by atoms with Gasteiger partial charge >= 0.3 is 0 Å². The molecule has 1 fully saturated rings. The maximum absolute atomic E-state index is 11.5. The van der Waals surface area contributed by atoms with Crippen LogP contribution in [-0.4, -0.2) is 23.5 Å². The zero-order chi connectivity index (χ0) is 12.3. The predicted molar refractivity (Wildman–Crippen MR) is 79.5 cm³/mol. The van der Waals surface area contributed by atoms with Gasteiger partial charge in [-0.15, -0.1) is 0 Å². The van der Waals surface area contributed by atoms with E-state index in [0.29, 0.717) is 0 Å². The zero-order valence-corrected chi connectivity index (χ0v) is 12.5. The van der Waals surface area contributed by atoms with Crippen molar-refractivity contribution in [1.29, 1.82) is 0 Å².